The summed E-state index contributed by atoms with van der Waals surface area (Å²) in [6.45, 7) is 3.75. The summed E-state index contributed by atoms with van der Waals surface area (Å²) in [6.07, 6.45) is 1.49. The second kappa shape index (κ2) is 5.22. The molecule has 0 atom stereocenters. The van der Waals surface area contributed by atoms with Crippen molar-refractivity contribution in [2.75, 3.05) is 0 Å². The molecule has 0 spiro atoms. The summed E-state index contributed by atoms with van der Waals surface area (Å²) in [6, 6.07) is 3.33. The maximum Gasteiger partial charge on any atom is 0.354 e. The molecular weight excluding hydrogens is 252 g/mol. The Balaban J connectivity index is 2.06. The van der Waals surface area contributed by atoms with Gasteiger partial charge in [-0.3, -0.25) is 0 Å². The Morgan fingerprint density at radius 3 is 2.89 bits per heavy atom. The lowest BCUT2D eigenvalue weighted by Crippen LogP contribution is -2.00. The summed E-state index contributed by atoms with van der Waals surface area (Å²) >= 11 is 1.43. The van der Waals surface area contributed by atoms with E-state index in [4.69, 9.17) is 9.52 Å². The zero-order chi connectivity index (χ0) is 13.1. The fraction of sp³-hybridized carbons (Fsp3) is 0.250. The highest BCUT2D eigenvalue weighted by molar-refractivity contribution is 7.98. The molecule has 0 saturated carbocycles. The van der Waals surface area contributed by atoms with Crippen LogP contribution in [-0.4, -0.2) is 21.0 Å². The summed E-state index contributed by atoms with van der Waals surface area (Å²) in [5.74, 6) is 0.380. The van der Waals surface area contributed by atoms with E-state index < -0.39 is 5.97 Å². The van der Waals surface area contributed by atoms with Gasteiger partial charge in [0.2, 0.25) is 0 Å². The predicted molar refractivity (Wildman–Crippen MR) is 66.7 cm³/mol. The van der Waals surface area contributed by atoms with Gasteiger partial charge in [-0.2, -0.15) is 0 Å². The van der Waals surface area contributed by atoms with Gasteiger partial charge in [0.15, 0.2) is 0 Å². The number of carboxylic acid groups (broad SMARTS) is 1. The van der Waals surface area contributed by atoms with Crippen LogP contribution in [0.1, 0.15) is 27.5 Å². The molecule has 2 aromatic rings. The van der Waals surface area contributed by atoms with Crippen molar-refractivity contribution in [3.8, 4) is 0 Å². The smallest absolute Gasteiger partial charge is 0.354 e. The molecule has 2 aromatic heterocycles. The lowest BCUT2D eigenvalue weighted by Gasteiger charge is -1.99. The molecule has 0 fully saturated rings. The summed E-state index contributed by atoms with van der Waals surface area (Å²) in [5.41, 5.74) is 1.80. The highest BCUT2D eigenvalue weighted by atomic mass is 32.2. The Morgan fingerprint density at radius 2 is 2.28 bits per heavy atom. The van der Waals surface area contributed by atoms with Crippen LogP contribution in [0.25, 0.3) is 0 Å². The molecule has 94 valence electrons. The van der Waals surface area contributed by atoms with Gasteiger partial charge >= 0.3 is 5.97 Å². The third-order valence-electron chi connectivity index (χ3n) is 2.41. The second-order valence-corrected chi connectivity index (χ2v) is 4.69. The summed E-state index contributed by atoms with van der Waals surface area (Å²) in [5, 5.41) is 9.43. The average molecular weight is 264 g/mol. The molecule has 0 unspecified atom stereocenters. The molecule has 0 amide bonds. The number of carbonyl (C=O) groups is 1. The van der Waals surface area contributed by atoms with Crippen molar-refractivity contribution in [2.45, 2.75) is 24.8 Å². The minimum Gasteiger partial charge on any atom is -0.477 e. The van der Waals surface area contributed by atoms with Crippen LogP contribution in [0.2, 0.25) is 0 Å². The fourth-order valence-corrected chi connectivity index (χ4v) is 2.19. The number of aryl methyl sites for hydroxylation is 2. The molecule has 0 radical (unpaired) electrons. The standard InChI is InChI=1S/C12H12N2O3S/c1-7-8(2)17-12(14-7)18-6-9-3-4-13-10(5-9)11(15)16/h3-5H,6H2,1-2H3,(H,15,16). The summed E-state index contributed by atoms with van der Waals surface area (Å²) in [4.78, 5) is 18.8. The Labute approximate surface area is 108 Å². The van der Waals surface area contributed by atoms with E-state index in [9.17, 15) is 4.79 Å². The molecule has 0 aliphatic carbocycles. The van der Waals surface area contributed by atoms with E-state index in [1.807, 2.05) is 13.8 Å². The molecule has 5 nitrogen and oxygen atoms in total. The number of nitrogens with zero attached hydrogens (tertiary/aromatic N) is 2. The number of carboxylic acids is 1. The third-order valence-corrected chi connectivity index (χ3v) is 3.31. The first-order valence-electron chi connectivity index (χ1n) is 5.31. The Kier molecular flexibility index (Phi) is 3.66. The highest BCUT2D eigenvalue weighted by Crippen LogP contribution is 2.24. The Morgan fingerprint density at radius 1 is 1.50 bits per heavy atom. The molecule has 0 aromatic carbocycles. The van der Waals surface area contributed by atoms with Crippen LogP contribution in [0, 0.1) is 13.8 Å². The largest absolute Gasteiger partial charge is 0.477 e. The van der Waals surface area contributed by atoms with Gasteiger partial charge in [0.1, 0.15) is 11.5 Å². The van der Waals surface area contributed by atoms with Gasteiger partial charge in [-0.25, -0.2) is 14.8 Å². The first-order chi connectivity index (χ1) is 8.56. The van der Waals surface area contributed by atoms with E-state index in [2.05, 4.69) is 9.97 Å². The molecule has 0 aliphatic heterocycles. The number of aromatic carboxylic acids is 1. The van der Waals surface area contributed by atoms with Gasteiger partial charge in [-0.1, -0.05) is 11.8 Å². The molecular formula is C12H12N2O3S. The van der Waals surface area contributed by atoms with Crippen molar-refractivity contribution in [3.05, 3.63) is 41.0 Å². The van der Waals surface area contributed by atoms with Crippen molar-refractivity contribution >= 4 is 17.7 Å². The number of pyridine rings is 1. The summed E-state index contributed by atoms with van der Waals surface area (Å²) in [7, 11) is 0. The van der Waals surface area contributed by atoms with Gasteiger partial charge in [-0.15, -0.1) is 0 Å². The molecule has 18 heavy (non-hydrogen) atoms. The molecule has 2 heterocycles. The van der Waals surface area contributed by atoms with Crippen LogP contribution >= 0.6 is 11.8 Å². The van der Waals surface area contributed by atoms with Gasteiger partial charge < -0.3 is 9.52 Å². The van der Waals surface area contributed by atoms with Gasteiger partial charge in [0.05, 0.1) is 5.69 Å². The predicted octanol–water partition coefficient (Wildman–Crippen LogP) is 2.68. The van der Waals surface area contributed by atoms with Crippen LogP contribution in [0.4, 0.5) is 0 Å². The van der Waals surface area contributed by atoms with Crippen LogP contribution < -0.4 is 0 Å². The number of thioether (sulfide) groups is 1. The van der Waals surface area contributed by atoms with Crippen LogP contribution in [0.5, 0.6) is 0 Å². The maximum atomic E-state index is 10.8. The molecule has 0 aliphatic rings. The third kappa shape index (κ3) is 2.89. The number of hydrogen-bond donors (Lipinski definition) is 1. The van der Waals surface area contributed by atoms with Gasteiger partial charge in [0, 0.05) is 11.9 Å². The minimum atomic E-state index is -1.02. The van der Waals surface area contributed by atoms with E-state index in [-0.39, 0.29) is 5.69 Å². The van der Waals surface area contributed by atoms with E-state index >= 15 is 0 Å². The number of hydrogen-bond acceptors (Lipinski definition) is 5. The van der Waals surface area contributed by atoms with Crippen molar-refractivity contribution in [1.82, 2.24) is 9.97 Å². The number of rotatable bonds is 4. The van der Waals surface area contributed by atoms with E-state index in [0.29, 0.717) is 11.0 Å². The first kappa shape index (κ1) is 12.6. The normalized spacial score (nSPS) is 10.6. The number of oxazole rings is 1. The van der Waals surface area contributed by atoms with Gasteiger partial charge in [-0.05, 0) is 31.5 Å². The van der Waals surface area contributed by atoms with Crippen molar-refractivity contribution in [3.63, 3.8) is 0 Å². The SMILES string of the molecule is Cc1nc(SCc2ccnc(C(=O)O)c2)oc1C. The van der Waals surface area contributed by atoms with Crippen LogP contribution in [0.3, 0.4) is 0 Å². The van der Waals surface area contributed by atoms with E-state index in [1.165, 1.54) is 18.0 Å². The van der Waals surface area contributed by atoms with Gasteiger partial charge in [0.25, 0.3) is 5.22 Å². The zero-order valence-electron chi connectivity index (χ0n) is 10.0. The first-order valence-corrected chi connectivity index (χ1v) is 6.30. The molecule has 6 heteroatoms. The van der Waals surface area contributed by atoms with E-state index in [0.717, 1.165) is 17.0 Å². The Bertz CT molecular complexity index is 561. The van der Waals surface area contributed by atoms with Crippen LogP contribution in [-0.2, 0) is 5.75 Å². The summed E-state index contributed by atoms with van der Waals surface area (Å²) < 4.78 is 5.43. The number of aromatic nitrogens is 2. The Hall–Kier alpha value is -1.82. The van der Waals surface area contributed by atoms with Crippen LogP contribution in [0.15, 0.2) is 28.0 Å². The lowest BCUT2D eigenvalue weighted by molar-refractivity contribution is 0.0690. The maximum absolute atomic E-state index is 10.8. The highest BCUT2D eigenvalue weighted by Gasteiger charge is 2.08. The molecule has 0 saturated heterocycles. The monoisotopic (exact) mass is 264 g/mol. The lowest BCUT2D eigenvalue weighted by atomic mass is 10.2. The van der Waals surface area contributed by atoms with Crippen molar-refractivity contribution in [2.24, 2.45) is 0 Å². The zero-order valence-corrected chi connectivity index (χ0v) is 10.8. The minimum absolute atomic E-state index is 0.0489. The fourth-order valence-electron chi connectivity index (χ4n) is 1.33. The van der Waals surface area contributed by atoms with Crippen molar-refractivity contribution < 1.29 is 14.3 Å². The quantitative estimate of drug-likeness (QED) is 0.855. The molecule has 2 rings (SSSR count). The topological polar surface area (TPSA) is 76.2 Å². The molecule has 0 bridgehead atoms. The second-order valence-electron chi connectivity index (χ2n) is 3.76. The average Bonchev–Trinajstić information content (AvgIpc) is 2.67. The van der Waals surface area contributed by atoms with E-state index in [1.54, 1.807) is 12.1 Å². The van der Waals surface area contributed by atoms with Crippen molar-refractivity contribution in [1.29, 1.82) is 0 Å². The molecule has 1 N–H and O–H groups in total.